The van der Waals surface area contributed by atoms with Gasteiger partial charge in [0.1, 0.15) is 4.90 Å². The molecule has 0 saturated heterocycles. The summed E-state index contributed by atoms with van der Waals surface area (Å²) in [4.78, 5) is 2.67. The minimum absolute atomic E-state index is 0. The number of rotatable bonds is 9. The van der Waals surface area contributed by atoms with Crippen molar-refractivity contribution in [2.45, 2.75) is 43.0 Å². The molecule has 1 heterocycles. The molecule has 4 rings (SSSR count). The minimum Gasteiger partial charge on any atom is -0.493 e. The fourth-order valence-electron chi connectivity index (χ4n) is 4.88. The van der Waals surface area contributed by atoms with Gasteiger partial charge in [-0.3, -0.25) is 4.90 Å². The van der Waals surface area contributed by atoms with Gasteiger partial charge in [0.2, 0.25) is 10.0 Å². The number of halogens is 2. The van der Waals surface area contributed by atoms with Crippen LogP contribution >= 0.6 is 24.0 Å². The van der Waals surface area contributed by atoms with Gasteiger partial charge in [-0.25, -0.2) is 13.1 Å². The fraction of sp³-hybridized carbons (Fsp3) is 0.478. The van der Waals surface area contributed by atoms with Crippen molar-refractivity contribution >= 4 is 34.0 Å². The quantitative estimate of drug-likeness (QED) is 0.517. The Balaban J connectivity index is 0.00000289. The zero-order valence-corrected chi connectivity index (χ0v) is 20.8. The van der Waals surface area contributed by atoms with Crippen molar-refractivity contribution in [2.24, 2.45) is 0 Å². The third-order valence-corrected chi connectivity index (χ3v) is 8.26. The lowest BCUT2D eigenvalue weighted by Gasteiger charge is -2.35. The molecule has 2 aromatic carbocycles. The maximum absolute atomic E-state index is 12.4. The Hall–Kier alpha value is -1.51. The summed E-state index contributed by atoms with van der Waals surface area (Å²) in [5, 5.41) is 0.242. The van der Waals surface area contributed by atoms with E-state index in [1.165, 1.54) is 22.8 Å². The van der Waals surface area contributed by atoms with Crippen LogP contribution in [0.2, 0.25) is 5.02 Å². The van der Waals surface area contributed by atoms with E-state index < -0.39 is 10.0 Å². The molecule has 0 bridgehead atoms. The molecular weight excluding hydrogens is 471 g/mol. The van der Waals surface area contributed by atoms with Crippen LogP contribution in [-0.2, 0) is 22.9 Å². The van der Waals surface area contributed by atoms with E-state index in [9.17, 15) is 8.42 Å². The summed E-state index contributed by atoms with van der Waals surface area (Å²) in [5.41, 5.74) is 4.08. The summed E-state index contributed by atoms with van der Waals surface area (Å²) < 4.78 is 38.8. The molecule has 0 spiro atoms. The maximum Gasteiger partial charge on any atom is 0.242 e. The van der Waals surface area contributed by atoms with Gasteiger partial charge in [-0.1, -0.05) is 23.7 Å². The van der Waals surface area contributed by atoms with Crippen molar-refractivity contribution < 1.29 is 17.9 Å². The summed E-state index contributed by atoms with van der Waals surface area (Å²) in [6.07, 6.45) is 4.79. The first kappa shape index (κ1) is 25.1. The first-order chi connectivity index (χ1) is 15.0. The number of hydrogen-bond acceptors (Lipinski definition) is 5. The molecule has 176 valence electrons. The SMILES string of the molecule is COc1cc2c3c(c1OC)CCC3N(CCCCNS(=O)(=O)c1ccccc1Cl)CC2.Cl. The van der Waals surface area contributed by atoms with Gasteiger partial charge in [0.05, 0.1) is 19.2 Å². The van der Waals surface area contributed by atoms with E-state index in [0.29, 0.717) is 12.6 Å². The van der Waals surface area contributed by atoms with E-state index in [-0.39, 0.29) is 22.3 Å². The van der Waals surface area contributed by atoms with Gasteiger partial charge < -0.3 is 9.47 Å². The van der Waals surface area contributed by atoms with E-state index in [4.69, 9.17) is 21.1 Å². The zero-order valence-electron chi connectivity index (χ0n) is 18.4. The molecule has 1 N–H and O–H groups in total. The molecule has 2 aliphatic rings. The number of hydrogen-bond donors (Lipinski definition) is 1. The van der Waals surface area contributed by atoms with E-state index in [1.807, 2.05) is 0 Å². The lowest BCUT2D eigenvalue weighted by molar-refractivity contribution is 0.182. The average molecular weight is 501 g/mol. The summed E-state index contributed by atoms with van der Waals surface area (Å²) in [5.74, 6) is 1.70. The first-order valence-corrected chi connectivity index (χ1v) is 12.6. The molecule has 0 aromatic heterocycles. The third-order valence-electron chi connectivity index (χ3n) is 6.30. The third kappa shape index (κ3) is 4.87. The standard InChI is InChI=1S/C23H29ClN2O4S.ClH/c1-29-20-15-16-11-14-26(19-10-9-17(22(16)19)23(20)30-2)13-6-5-12-25-31(27,28)21-8-4-3-7-18(21)24;/h3-4,7-8,15,19,25H,5-6,9-14H2,1-2H3;1H. The van der Waals surface area contributed by atoms with Crippen LogP contribution in [0.15, 0.2) is 35.2 Å². The maximum atomic E-state index is 12.4. The second kappa shape index (κ2) is 10.6. The molecule has 0 saturated carbocycles. The predicted octanol–water partition coefficient (Wildman–Crippen LogP) is 4.38. The van der Waals surface area contributed by atoms with Gasteiger partial charge in [0.15, 0.2) is 11.5 Å². The van der Waals surface area contributed by atoms with Crippen LogP contribution in [-0.4, -0.2) is 47.2 Å². The summed E-state index contributed by atoms with van der Waals surface area (Å²) in [6.45, 7) is 2.36. The highest BCUT2D eigenvalue weighted by molar-refractivity contribution is 7.89. The second-order valence-corrected chi connectivity index (χ2v) is 10.2. The molecule has 2 aromatic rings. The molecule has 1 aliphatic carbocycles. The van der Waals surface area contributed by atoms with Crippen molar-refractivity contribution in [3.05, 3.63) is 52.0 Å². The van der Waals surface area contributed by atoms with Crippen molar-refractivity contribution in [2.75, 3.05) is 33.9 Å². The molecule has 1 atom stereocenters. The summed E-state index contributed by atoms with van der Waals surface area (Å²) >= 11 is 6.03. The Labute approximate surface area is 201 Å². The molecule has 1 unspecified atom stereocenters. The monoisotopic (exact) mass is 500 g/mol. The molecule has 0 fully saturated rings. The topological polar surface area (TPSA) is 67.9 Å². The Kier molecular flexibility index (Phi) is 8.33. The Morgan fingerprint density at radius 1 is 1.16 bits per heavy atom. The van der Waals surface area contributed by atoms with Gasteiger partial charge in [-0.15, -0.1) is 12.4 Å². The number of unbranched alkanes of at least 4 members (excludes halogenated alkanes) is 1. The van der Waals surface area contributed by atoms with Crippen molar-refractivity contribution in [3.63, 3.8) is 0 Å². The van der Waals surface area contributed by atoms with Gasteiger partial charge in [-0.2, -0.15) is 0 Å². The largest absolute Gasteiger partial charge is 0.493 e. The molecule has 32 heavy (non-hydrogen) atoms. The highest BCUT2D eigenvalue weighted by Gasteiger charge is 2.36. The number of benzene rings is 2. The number of sulfonamides is 1. The normalized spacial score (nSPS) is 17.5. The van der Waals surface area contributed by atoms with Crippen LogP contribution in [0.4, 0.5) is 0 Å². The lowest BCUT2D eigenvalue weighted by atomic mass is 9.92. The number of nitrogens with one attached hydrogen (secondary N) is 1. The van der Waals surface area contributed by atoms with Gasteiger partial charge >= 0.3 is 0 Å². The van der Waals surface area contributed by atoms with E-state index in [2.05, 4.69) is 15.7 Å². The second-order valence-electron chi connectivity index (χ2n) is 8.04. The lowest BCUT2D eigenvalue weighted by Crippen LogP contribution is -2.35. The predicted molar refractivity (Wildman–Crippen MR) is 129 cm³/mol. The van der Waals surface area contributed by atoms with Gasteiger partial charge in [0.25, 0.3) is 0 Å². The van der Waals surface area contributed by atoms with Crippen molar-refractivity contribution in [3.8, 4) is 11.5 Å². The van der Waals surface area contributed by atoms with Crippen LogP contribution in [0.3, 0.4) is 0 Å². The van der Waals surface area contributed by atoms with Crippen LogP contribution in [0.1, 0.15) is 42.0 Å². The average Bonchev–Trinajstić information content (AvgIpc) is 3.21. The molecule has 1 aliphatic heterocycles. The number of methoxy groups -OCH3 is 2. The van der Waals surface area contributed by atoms with Crippen LogP contribution in [0.5, 0.6) is 11.5 Å². The Morgan fingerprint density at radius 3 is 2.66 bits per heavy atom. The van der Waals surface area contributed by atoms with Crippen LogP contribution in [0.25, 0.3) is 0 Å². The zero-order chi connectivity index (χ0) is 22.0. The molecule has 0 amide bonds. The van der Waals surface area contributed by atoms with Crippen LogP contribution < -0.4 is 14.2 Å². The van der Waals surface area contributed by atoms with Gasteiger partial charge in [-0.05, 0) is 68.0 Å². The Bertz CT molecular complexity index is 1060. The fourth-order valence-corrected chi connectivity index (χ4v) is 6.47. The highest BCUT2D eigenvalue weighted by Crippen LogP contribution is 2.48. The molecule has 6 nitrogen and oxygen atoms in total. The Morgan fingerprint density at radius 2 is 1.94 bits per heavy atom. The molecule has 0 radical (unpaired) electrons. The summed E-state index contributed by atoms with van der Waals surface area (Å²) in [7, 11) is -0.179. The number of nitrogens with zero attached hydrogens (tertiary/aromatic N) is 1. The van der Waals surface area contributed by atoms with Crippen molar-refractivity contribution in [1.82, 2.24) is 9.62 Å². The summed E-state index contributed by atoms with van der Waals surface area (Å²) in [6, 6.07) is 9.06. The smallest absolute Gasteiger partial charge is 0.242 e. The minimum atomic E-state index is -3.58. The van der Waals surface area contributed by atoms with Crippen molar-refractivity contribution in [1.29, 1.82) is 0 Å². The van der Waals surface area contributed by atoms with E-state index in [0.717, 1.165) is 56.7 Å². The van der Waals surface area contributed by atoms with Gasteiger partial charge in [0, 0.05) is 24.7 Å². The van der Waals surface area contributed by atoms with Crippen LogP contribution in [0, 0.1) is 0 Å². The highest BCUT2D eigenvalue weighted by atomic mass is 35.5. The number of ether oxygens (including phenoxy) is 2. The van der Waals surface area contributed by atoms with E-state index >= 15 is 0 Å². The molecular formula is C23H30Cl2N2O4S. The molecule has 9 heteroatoms. The first-order valence-electron chi connectivity index (χ1n) is 10.7. The van der Waals surface area contributed by atoms with E-state index in [1.54, 1.807) is 32.4 Å².